The molecule has 2 aliphatic carbocycles. The van der Waals surface area contributed by atoms with Crippen molar-refractivity contribution in [2.24, 2.45) is 0 Å². The second kappa shape index (κ2) is 23.4. The summed E-state index contributed by atoms with van der Waals surface area (Å²) in [5.74, 6) is -1.84. The number of Topliss-reactive ketones (excluding diaryl/α,β-unsaturated/α-hetero) is 2. The Hall–Kier alpha value is -8.24. The molecule has 8 aromatic rings. The molecule has 458 valence electrons. The van der Waals surface area contributed by atoms with Gasteiger partial charge in [0.25, 0.3) is 0 Å². The lowest BCUT2D eigenvalue weighted by molar-refractivity contribution is -0.166. The van der Waals surface area contributed by atoms with Crippen molar-refractivity contribution in [2.45, 2.75) is 139 Å². The van der Waals surface area contributed by atoms with E-state index in [1.54, 1.807) is 36.9 Å². The number of halogens is 9. The Morgan fingerprint density at radius 3 is 1.44 bits per heavy atom. The van der Waals surface area contributed by atoms with Crippen LogP contribution in [-0.4, -0.2) is 93.4 Å². The molecule has 88 heavy (non-hydrogen) atoms. The Bertz CT molecular complexity index is 3970. The normalized spacial score (nSPS) is 17.4. The van der Waals surface area contributed by atoms with Crippen LogP contribution < -0.4 is 16.1 Å². The predicted molar refractivity (Wildman–Crippen MR) is 303 cm³/mol. The molecule has 9 heterocycles. The zero-order valence-electron chi connectivity index (χ0n) is 47.5. The molecule has 6 aromatic heterocycles. The van der Waals surface area contributed by atoms with Gasteiger partial charge in [0.05, 0.1) is 39.9 Å². The van der Waals surface area contributed by atoms with E-state index >= 15 is 0 Å². The van der Waals surface area contributed by atoms with E-state index in [-0.39, 0.29) is 84.4 Å². The number of fused-ring (bicyclic) bond motifs is 2. The number of anilines is 2. The van der Waals surface area contributed by atoms with Crippen LogP contribution in [0.5, 0.6) is 0 Å². The van der Waals surface area contributed by atoms with Crippen LogP contribution in [0.25, 0.3) is 11.1 Å². The van der Waals surface area contributed by atoms with Crippen LogP contribution in [0.4, 0.5) is 46.8 Å². The fourth-order valence-electron chi connectivity index (χ4n) is 10.4. The van der Waals surface area contributed by atoms with Gasteiger partial charge in [0, 0.05) is 93.7 Å². The fourth-order valence-corrected chi connectivity index (χ4v) is 10.6. The summed E-state index contributed by atoms with van der Waals surface area (Å²) in [6, 6.07) is 14.6. The van der Waals surface area contributed by atoms with E-state index in [4.69, 9.17) is 18.4 Å². The molecule has 0 atom stereocenters. The highest BCUT2D eigenvalue weighted by Crippen LogP contribution is 2.60. The smallest absolute Gasteiger partial charge is 0.399 e. The molecular formula is C60H54BBrF8N10O8. The number of rotatable bonds is 14. The molecule has 13 rings (SSSR count). The van der Waals surface area contributed by atoms with Crippen molar-refractivity contribution >= 4 is 63.5 Å². The van der Waals surface area contributed by atoms with E-state index in [0.29, 0.717) is 60.3 Å². The molecule has 0 radical (unpaired) electrons. The molecule has 2 amide bonds. The number of nitrogens with one attached hydrogen (secondary N) is 2. The monoisotopic (exact) mass is 1280 g/mol. The van der Waals surface area contributed by atoms with E-state index in [0.717, 1.165) is 45.8 Å². The molecule has 5 aliphatic rings. The Kier molecular flexibility index (Phi) is 16.3. The number of nitrogens with zero attached hydrogens (tertiary/aromatic N) is 8. The number of aromatic nitrogens is 8. The molecule has 0 spiro atoms. The third kappa shape index (κ3) is 12.9. The first-order chi connectivity index (χ1) is 41.6. The van der Waals surface area contributed by atoms with Gasteiger partial charge in [0.2, 0.25) is 11.8 Å². The molecule has 2 N–H and O–H groups in total. The number of aryl methyl sites for hydroxylation is 2. The molecule has 0 bridgehead atoms. The van der Waals surface area contributed by atoms with Crippen molar-refractivity contribution in [1.29, 1.82) is 0 Å². The molecule has 28 heteroatoms. The van der Waals surface area contributed by atoms with Gasteiger partial charge in [0.1, 0.15) is 34.1 Å². The summed E-state index contributed by atoms with van der Waals surface area (Å²) >= 11 is 3.30. The van der Waals surface area contributed by atoms with Gasteiger partial charge in [-0.1, -0.05) is 34.6 Å². The Morgan fingerprint density at radius 1 is 0.602 bits per heavy atom. The first-order valence-corrected chi connectivity index (χ1v) is 28.7. The lowest BCUT2D eigenvalue weighted by atomic mass is 9.78. The Balaban J connectivity index is 0.000000146. The van der Waals surface area contributed by atoms with Gasteiger partial charge in [-0.15, -0.1) is 0 Å². The summed E-state index contributed by atoms with van der Waals surface area (Å²) in [6.45, 7) is 9.03. The second-order valence-electron chi connectivity index (χ2n) is 23.3. The van der Waals surface area contributed by atoms with E-state index in [1.165, 1.54) is 24.3 Å². The fraction of sp³-hybridized carbons (Fsp3) is 0.367. The largest absolute Gasteiger partial charge is 0.494 e. The van der Waals surface area contributed by atoms with Gasteiger partial charge < -0.3 is 38.1 Å². The average Bonchev–Trinajstić information content (AvgIpc) is 1.61. The molecule has 2 aromatic carbocycles. The van der Waals surface area contributed by atoms with Gasteiger partial charge in [-0.25, -0.2) is 28.7 Å². The van der Waals surface area contributed by atoms with E-state index in [9.17, 15) is 54.3 Å². The molecule has 2 saturated carbocycles. The van der Waals surface area contributed by atoms with Gasteiger partial charge in [-0.2, -0.15) is 26.3 Å². The number of carbonyl (C=O) groups excluding carboxylic acids is 4. The van der Waals surface area contributed by atoms with Crippen LogP contribution in [-0.2, 0) is 68.5 Å². The van der Waals surface area contributed by atoms with Gasteiger partial charge >= 0.3 is 19.5 Å². The van der Waals surface area contributed by atoms with E-state index in [2.05, 4.69) is 56.8 Å². The van der Waals surface area contributed by atoms with Crippen molar-refractivity contribution in [1.82, 2.24) is 39.4 Å². The van der Waals surface area contributed by atoms with E-state index < -0.39 is 65.0 Å². The summed E-state index contributed by atoms with van der Waals surface area (Å²) in [7, 11) is -0.741. The Labute approximate surface area is 505 Å². The number of alkyl halides is 6. The minimum Gasteiger partial charge on any atom is -0.399 e. The number of amides is 2. The highest BCUT2D eigenvalue weighted by atomic mass is 79.9. The van der Waals surface area contributed by atoms with Crippen molar-refractivity contribution in [3.05, 3.63) is 171 Å². The lowest BCUT2D eigenvalue weighted by Gasteiger charge is -2.32. The standard InChI is InChI=1S/C27H21F4N5O3.C21H23BF4N2O4.C12H10BrN3O/c28-19-9-16(18-12-32-23(33-13-18)8-15-7-20-21(37)3-6-36(20)14-15)1-2-17(19)10-25(38)34-24-11-22(39-35-24)26(4-5-26)27(29,30)31;1-18(2)19(3,4)32-22(31-18)13-6-5-12(14(23)10-13)9-17(29)27-16-11-15(30-28-16)20(7-8-20)21(24,25)26;13-9-5-14-12(15-6-9)4-8-3-10-11(17)1-2-16(10)7-8/h1-2,7,9,11-14H,3-6,8,10H2,(H,34,35,38);5-6,10-11H,7-9H2,1-4H3,(H,27,28,29);3,5-7H,1-2,4H2. The maximum absolute atomic E-state index is 14.8. The zero-order valence-corrected chi connectivity index (χ0v) is 49.1. The number of hydrogen-bond donors (Lipinski definition) is 2. The number of carbonyl (C=O) groups is 4. The summed E-state index contributed by atoms with van der Waals surface area (Å²) in [5, 5.41) is 11.7. The average molecular weight is 1290 g/mol. The number of hydrogen-bond acceptors (Lipinski definition) is 14. The van der Waals surface area contributed by atoms with Crippen molar-refractivity contribution in [2.75, 3.05) is 10.6 Å². The summed E-state index contributed by atoms with van der Waals surface area (Å²) in [4.78, 5) is 65.2. The van der Waals surface area contributed by atoms with Crippen LogP contribution in [0.15, 0.2) is 111 Å². The SMILES string of the molecule is CC1(C)OB(c2ccc(CC(=O)Nc3cc(C4(C(F)(F)F)CC4)on3)c(F)c2)OC1(C)C.O=C(Cc1ccc(-c2cnc(Cc3cc4n(c3)CCC4=O)nc2)cc1F)Nc1cc(C2(C(F)(F)F)CC2)on1.O=C1CCn2cc(Cc3ncc(Br)cn3)cc21. The maximum atomic E-state index is 14.8. The quantitative estimate of drug-likeness (QED) is 0.0763. The minimum absolute atomic E-state index is 0.0839. The first-order valence-electron chi connectivity index (χ1n) is 27.9. The third-order valence-electron chi connectivity index (χ3n) is 16.5. The highest BCUT2D eigenvalue weighted by molar-refractivity contribution is 9.10. The zero-order chi connectivity index (χ0) is 62.7. The van der Waals surface area contributed by atoms with Crippen LogP contribution in [0.3, 0.4) is 0 Å². The minimum atomic E-state index is -4.46. The third-order valence-corrected chi connectivity index (χ3v) is 16.9. The van der Waals surface area contributed by atoms with Gasteiger partial charge in [-0.05, 0) is 127 Å². The maximum Gasteiger partial charge on any atom is 0.494 e. The molecule has 18 nitrogen and oxygen atoms in total. The Morgan fingerprint density at radius 2 is 1.03 bits per heavy atom. The lowest BCUT2D eigenvalue weighted by Crippen LogP contribution is -2.41. The number of benzene rings is 2. The molecule has 3 aliphatic heterocycles. The van der Waals surface area contributed by atoms with Crippen molar-refractivity contribution in [3.63, 3.8) is 0 Å². The molecule has 0 unspecified atom stereocenters. The summed E-state index contributed by atoms with van der Waals surface area (Å²) in [6.07, 6.45) is 2.89. The predicted octanol–water partition coefficient (Wildman–Crippen LogP) is 11.1. The van der Waals surface area contributed by atoms with Crippen LogP contribution >= 0.6 is 15.9 Å². The second-order valence-corrected chi connectivity index (χ2v) is 24.2. The first kappa shape index (κ1) is 61.4. The topological polar surface area (TPSA) is 224 Å². The van der Waals surface area contributed by atoms with Crippen molar-refractivity contribution in [3.8, 4) is 11.1 Å². The van der Waals surface area contributed by atoms with Crippen LogP contribution in [0.2, 0.25) is 0 Å². The number of ketones is 2. The highest BCUT2D eigenvalue weighted by Gasteiger charge is 2.68. The molecule has 3 fully saturated rings. The van der Waals surface area contributed by atoms with Crippen LogP contribution in [0.1, 0.15) is 133 Å². The van der Waals surface area contributed by atoms with Crippen LogP contribution in [0, 0.1) is 11.6 Å². The van der Waals surface area contributed by atoms with Gasteiger partial charge in [-0.3, -0.25) is 19.2 Å². The molecular weight excluding hydrogens is 1230 g/mol. The van der Waals surface area contributed by atoms with E-state index in [1.807, 2.05) is 61.4 Å². The van der Waals surface area contributed by atoms with Crippen molar-refractivity contribution < 1.29 is 72.7 Å². The summed E-state index contributed by atoms with van der Waals surface area (Å²) < 4.78 is 135. The molecule has 1 saturated heterocycles. The summed E-state index contributed by atoms with van der Waals surface area (Å²) in [5.41, 5.74) is 0.107. The van der Waals surface area contributed by atoms with Gasteiger partial charge in [0.15, 0.2) is 34.7 Å².